The molecule has 142 valence electrons. The molecule has 1 aromatic carbocycles. The van der Waals surface area contributed by atoms with E-state index in [2.05, 4.69) is 26.8 Å². The van der Waals surface area contributed by atoms with Gasteiger partial charge in [-0.3, -0.25) is 9.59 Å². The van der Waals surface area contributed by atoms with E-state index in [4.69, 9.17) is 9.47 Å². The van der Waals surface area contributed by atoms with Gasteiger partial charge in [-0.2, -0.15) is 0 Å². The Balaban J connectivity index is 2.20. The van der Waals surface area contributed by atoms with Crippen LogP contribution in [0.3, 0.4) is 0 Å². The van der Waals surface area contributed by atoms with Crippen LogP contribution in [0.1, 0.15) is 80.8 Å². The second kappa shape index (κ2) is 6.40. The van der Waals surface area contributed by atoms with E-state index in [0.717, 1.165) is 41.7 Å². The first-order valence-electron chi connectivity index (χ1n) is 9.53. The lowest BCUT2D eigenvalue weighted by Gasteiger charge is -2.53. The Hall–Kier alpha value is -1.84. The zero-order chi connectivity index (χ0) is 19.3. The first-order chi connectivity index (χ1) is 12.2. The van der Waals surface area contributed by atoms with Crippen molar-refractivity contribution < 1.29 is 19.1 Å². The smallest absolute Gasteiger partial charge is 0.311 e. The molecule has 3 atom stereocenters. The number of ether oxygens (including phenoxy) is 2. The van der Waals surface area contributed by atoms with Gasteiger partial charge in [0.25, 0.3) is 0 Å². The zero-order valence-electron chi connectivity index (χ0n) is 16.8. The topological polar surface area (TPSA) is 52.6 Å². The summed E-state index contributed by atoms with van der Waals surface area (Å²) < 4.78 is 10.8. The van der Waals surface area contributed by atoms with Gasteiger partial charge in [0, 0.05) is 12.0 Å². The second-order valence-corrected chi connectivity index (χ2v) is 8.65. The third-order valence-electron chi connectivity index (χ3n) is 6.88. The number of fused-ring (bicyclic) bond motifs is 3. The van der Waals surface area contributed by atoms with Gasteiger partial charge in [0.05, 0.1) is 19.6 Å². The number of benzene rings is 1. The van der Waals surface area contributed by atoms with Crippen LogP contribution in [0.15, 0.2) is 12.1 Å². The van der Waals surface area contributed by atoms with Gasteiger partial charge < -0.3 is 9.47 Å². The van der Waals surface area contributed by atoms with E-state index in [1.807, 2.05) is 13.0 Å². The summed E-state index contributed by atoms with van der Waals surface area (Å²) in [6.45, 7) is 8.39. The van der Waals surface area contributed by atoms with Gasteiger partial charge in [0.2, 0.25) is 0 Å². The monoisotopic (exact) mass is 358 g/mol. The van der Waals surface area contributed by atoms with E-state index in [-0.39, 0.29) is 29.0 Å². The van der Waals surface area contributed by atoms with Crippen molar-refractivity contribution in [2.75, 3.05) is 14.2 Å². The Bertz CT molecular complexity index is 751. The predicted molar refractivity (Wildman–Crippen MR) is 101 cm³/mol. The Kier molecular flexibility index (Phi) is 4.66. The molecule has 0 aromatic heterocycles. The van der Waals surface area contributed by atoms with Crippen molar-refractivity contribution in [3.05, 3.63) is 28.8 Å². The average molecular weight is 358 g/mol. The summed E-state index contributed by atoms with van der Waals surface area (Å²) in [5.41, 5.74) is 2.05. The lowest BCUT2D eigenvalue weighted by atomic mass is 9.49. The molecule has 0 amide bonds. The van der Waals surface area contributed by atoms with Crippen LogP contribution in [0, 0.1) is 11.3 Å². The van der Waals surface area contributed by atoms with Gasteiger partial charge in [-0.25, -0.2) is 0 Å². The molecule has 0 N–H and O–H groups in total. The molecular weight excluding hydrogens is 328 g/mol. The first kappa shape index (κ1) is 18.9. The van der Waals surface area contributed by atoms with E-state index in [1.165, 1.54) is 7.11 Å². The lowest BCUT2D eigenvalue weighted by Crippen LogP contribution is -2.53. The summed E-state index contributed by atoms with van der Waals surface area (Å²) in [5, 5.41) is 0. The van der Waals surface area contributed by atoms with Crippen LogP contribution in [-0.2, 0) is 14.9 Å². The minimum Gasteiger partial charge on any atom is -0.496 e. The van der Waals surface area contributed by atoms with Crippen molar-refractivity contribution in [1.29, 1.82) is 0 Å². The van der Waals surface area contributed by atoms with Crippen LogP contribution in [0.25, 0.3) is 0 Å². The summed E-state index contributed by atoms with van der Waals surface area (Å²) in [6, 6.07) is 4.07. The van der Waals surface area contributed by atoms with Crippen molar-refractivity contribution >= 4 is 11.8 Å². The first-order valence-corrected chi connectivity index (χ1v) is 9.53. The summed E-state index contributed by atoms with van der Waals surface area (Å²) in [6.07, 6.45) is 3.08. The molecule has 0 unspecified atom stereocenters. The molecular formula is C22H30O4. The van der Waals surface area contributed by atoms with Crippen molar-refractivity contribution in [2.24, 2.45) is 11.3 Å². The normalized spacial score (nSPS) is 30.6. The number of hydrogen-bond donors (Lipinski definition) is 0. The molecule has 2 aliphatic rings. The van der Waals surface area contributed by atoms with E-state index in [0.29, 0.717) is 6.42 Å². The molecule has 4 heteroatoms. The van der Waals surface area contributed by atoms with Crippen LogP contribution < -0.4 is 4.74 Å². The molecule has 4 nitrogen and oxygen atoms in total. The molecule has 0 spiro atoms. The van der Waals surface area contributed by atoms with Gasteiger partial charge in [-0.15, -0.1) is 0 Å². The molecule has 1 fully saturated rings. The van der Waals surface area contributed by atoms with Gasteiger partial charge >= 0.3 is 5.97 Å². The maximum Gasteiger partial charge on any atom is 0.311 e. The summed E-state index contributed by atoms with van der Waals surface area (Å²) >= 11 is 0. The number of ketones is 1. The number of carbonyl (C=O) groups excluding carboxylic acids is 2. The summed E-state index contributed by atoms with van der Waals surface area (Å²) in [4.78, 5) is 25.7. The van der Waals surface area contributed by atoms with Gasteiger partial charge in [-0.1, -0.05) is 27.2 Å². The summed E-state index contributed by atoms with van der Waals surface area (Å²) in [5.74, 6) is 0.990. The SMILES string of the molecule is COC(=O)[C@@]1(C)CCC[C@]2(C)c3cc(OC)c(C(C)C)cc3C(=O)C[C@@H]12. The Morgan fingerprint density at radius 2 is 1.88 bits per heavy atom. The Morgan fingerprint density at radius 3 is 2.46 bits per heavy atom. The number of hydrogen-bond acceptors (Lipinski definition) is 4. The maximum absolute atomic E-state index is 13.1. The largest absolute Gasteiger partial charge is 0.496 e. The minimum absolute atomic E-state index is 0.0502. The molecule has 3 rings (SSSR count). The minimum atomic E-state index is -0.626. The number of carbonyl (C=O) groups is 2. The number of rotatable bonds is 3. The van der Waals surface area contributed by atoms with E-state index in [1.54, 1.807) is 7.11 Å². The average Bonchev–Trinajstić information content (AvgIpc) is 2.62. The standard InChI is InChI=1S/C22H30O4/c1-13(2)14-10-15-16(11-18(14)25-5)21(3)8-7-9-22(4,20(24)26-6)19(21)12-17(15)23/h10-11,13,19H,7-9,12H2,1-6H3/t19-,21-,22+/m1/s1. The Labute approximate surface area is 156 Å². The summed E-state index contributed by atoms with van der Waals surface area (Å²) in [7, 11) is 3.12. The highest BCUT2D eigenvalue weighted by Crippen LogP contribution is 2.58. The fourth-order valence-electron chi connectivity index (χ4n) is 5.35. The van der Waals surface area contributed by atoms with Crippen LogP contribution in [0.2, 0.25) is 0 Å². The Morgan fingerprint density at radius 1 is 1.19 bits per heavy atom. The number of esters is 1. The molecule has 2 aliphatic carbocycles. The molecule has 0 heterocycles. The second-order valence-electron chi connectivity index (χ2n) is 8.65. The van der Waals surface area contributed by atoms with Crippen molar-refractivity contribution in [2.45, 2.75) is 64.7 Å². The van der Waals surface area contributed by atoms with Crippen LogP contribution in [0.5, 0.6) is 5.75 Å². The molecule has 0 bridgehead atoms. The fourth-order valence-corrected chi connectivity index (χ4v) is 5.35. The molecule has 26 heavy (non-hydrogen) atoms. The van der Waals surface area contributed by atoms with Crippen LogP contribution >= 0.6 is 0 Å². The zero-order valence-corrected chi connectivity index (χ0v) is 16.8. The van der Waals surface area contributed by atoms with Crippen molar-refractivity contribution in [3.63, 3.8) is 0 Å². The third-order valence-corrected chi connectivity index (χ3v) is 6.88. The highest BCUT2D eigenvalue weighted by Gasteiger charge is 2.57. The molecule has 1 saturated carbocycles. The van der Waals surface area contributed by atoms with E-state index < -0.39 is 5.41 Å². The van der Waals surface area contributed by atoms with Crippen LogP contribution in [-0.4, -0.2) is 26.0 Å². The van der Waals surface area contributed by atoms with Crippen molar-refractivity contribution in [3.8, 4) is 5.75 Å². The van der Waals surface area contributed by atoms with Gasteiger partial charge in [-0.05, 0) is 60.3 Å². The van der Waals surface area contributed by atoms with Gasteiger partial charge in [0.1, 0.15) is 5.75 Å². The highest BCUT2D eigenvalue weighted by molar-refractivity contribution is 6.00. The van der Waals surface area contributed by atoms with E-state index >= 15 is 0 Å². The number of methoxy groups -OCH3 is 2. The highest BCUT2D eigenvalue weighted by atomic mass is 16.5. The van der Waals surface area contributed by atoms with E-state index in [9.17, 15) is 9.59 Å². The molecule has 1 aromatic rings. The predicted octanol–water partition coefficient (Wildman–Crippen LogP) is 4.64. The maximum atomic E-state index is 13.1. The van der Waals surface area contributed by atoms with Gasteiger partial charge in [0.15, 0.2) is 5.78 Å². The van der Waals surface area contributed by atoms with Crippen molar-refractivity contribution in [1.82, 2.24) is 0 Å². The lowest BCUT2D eigenvalue weighted by molar-refractivity contribution is -0.160. The number of Topliss-reactive ketones (excluding diaryl/α,β-unsaturated/α-hetero) is 1. The third kappa shape index (κ3) is 2.57. The fraction of sp³-hybridized carbons (Fsp3) is 0.636. The molecule has 0 radical (unpaired) electrons. The molecule has 0 saturated heterocycles. The molecule has 0 aliphatic heterocycles. The quantitative estimate of drug-likeness (QED) is 0.739. The van der Waals surface area contributed by atoms with Crippen LogP contribution in [0.4, 0.5) is 0 Å².